The number of rotatable bonds is 6. The van der Waals surface area contributed by atoms with Gasteiger partial charge in [0.2, 0.25) is 5.91 Å². The average molecular weight is 536 g/mol. The Labute approximate surface area is 219 Å². The normalized spacial score (nSPS) is 14.1. The maximum atomic E-state index is 13.7. The Kier molecular flexibility index (Phi) is 6.85. The molecule has 1 N–H and O–H groups in total. The number of H-pyrrole nitrogens is 1. The molecule has 1 saturated heterocycles. The number of nitrogens with one attached hydrogen (secondary N) is 1. The van der Waals surface area contributed by atoms with E-state index in [0.29, 0.717) is 43.1 Å². The number of anilines is 2. The van der Waals surface area contributed by atoms with Gasteiger partial charge in [-0.15, -0.1) is 0 Å². The molecule has 1 aliphatic heterocycles. The standard InChI is InChI=1S/C27H26FN5O4S/c1-38(36,37)25-16-21(28)9-10-24(25)31-11-13-32(14-12-31)26(34)18-33(22-5-3-2-4-6-22)27(35)19-7-8-20-17-29-30-23(20)15-19/h2-10,15-17H,11-14,18H2,1H3,(H,29,30). The lowest BCUT2D eigenvalue weighted by Crippen LogP contribution is -2.52. The van der Waals surface area contributed by atoms with Gasteiger partial charge in [-0.05, 0) is 42.5 Å². The summed E-state index contributed by atoms with van der Waals surface area (Å²) in [5, 5.41) is 7.74. The lowest BCUT2D eigenvalue weighted by atomic mass is 10.1. The molecule has 2 heterocycles. The lowest BCUT2D eigenvalue weighted by Gasteiger charge is -2.37. The zero-order valence-corrected chi connectivity index (χ0v) is 21.5. The Balaban J connectivity index is 1.32. The van der Waals surface area contributed by atoms with Gasteiger partial charge in [0.25, 0.3) is 5.91 Å². The van der Waals surface area contributed by atoms with Crippen molar-refractivity contribution in [3.8, 4) is 0 Å². The number of para-hydroxylation sites is 1. The third kappa shape index (κ3) is 5.23. The number of aromatic nitrogens is 2. The number of hydrogen-bond donors (Lipinski definition) is 1. The van der Waals surface area contributed by atoms with Crippen molar-refractivity contribution < 1.29 is 22.4 Å². The van der Waals surface area contributed by atoms with Crippen LogP contribution in [0, 0.1) is 5.82 Å². The molecule has 11 heteroatoms. The number of fused-ring (bicyclic) bond motifs is 1. The first-order valence-corrected chi connectivity index (χ1v) is 13.9. The van der Waals surface area contributed by atoms with Crippen LogP contribution in [0.5, 0.6) is 0 Å². The van der Waals surface area contributed by atoms with Gasteiger partial charge in [0.05, 0.1) is 22.3 Å². The minimum absolute atomic E-state index is 0.0765. The minimum atomic E-state index is -3.64. The Hall–Kier alpha value is -4.25. The molecule has 0 unspecified atom stereocenters. The van der Waals surface area contributed by atoms with E-state index in [9.17, 15) is 22.4 Å². The third-order valence-corrected chi connectivity index (χ3v) is 7.72. The van der Waals surface area contributed by atoms with E-state index >= 15 is 0 Å². The minimum Gasteiger partial charge on any atom is -0.367 e. The second kappa shape index (κ2) is 10.3. The number of amides is 2. The van der Waals surface area contributed by atoms with Crippen molar-refractivity contribution in [1.29, 1.82) is 0 Å². The van der Waals surface area contributed by atoms with E-state index < -0.39 is 15.7 Å². The highest BCUT2D eigenvalue weighted by atomic mass is 32.2. The van der Waals surface area contributed by atoms with Crippen molar-refractivity contribution in [3.05, 3.63) is 84.3 Å². The number of piperazine rings is 1. The molecule has 1 aliphatic rings. The van der Waals surface area contributed by atoms with Gasteiger partial charge in [-0.2, -0.15) is 5.10 Å². The molecule has 0 bridgehead atoms. The molecule has 0 saturated carbocycles. The zero-order valence-electron chi connectivity index (χ0n) is 20.7. The van der Waals surface area contributed by atoms with Crippen molar-refractivity contribution in [3.63, 3.8) is 0 Å². The maximum Gasteiger partial charge on any atom is 0.258 e. The van der Waals surface area contributed by atoms with Gasteiger partial charge in [-0.1, -0.05) is 24.3 Å². The topological polar surface area (TPSA) is 107 Å². The van der Waals surface area contributed by atoms with E-state index in [1.54, 1.807) is 53.6 Å². The molecule has 9 nitrogen and oxygen atoms in total. The van der Waals surface area contributed by atoms with E-state index in [0.717, 1.165) is 23.2 Å². The van der Waals surface area contributed by atoms with Crippen molar-refractivity contribution in [2.45, 2.75) is 4.90 Å². The number of nitrogens with zero attached hydrogens (tertiary/aromatic N) is 4. The molecule has 196 valence electrons. The molecule has 0 atom stereocenters. The van der Waals surface area contributed by atoms with Crippen LogP contribution in [-0.4, -0.2) is 74.3 Å². The number of benzene rings is 3. The first kappa shape index (κ1) is 25.4. The number of carbonyl (C=O) groups is 2. The molecule has 0 spiro atoms. The zero-order chi connectivity index (χ0) is 26.9. The summed E-state index contributed by atoms with van der Waals surface area (Å²) in [7, 11) is -3.64. The highest BCUT2D eigenvalue weighted by molar-refractivity contribution is 7.90. The highest BCUT2D eigenvalue weighted by Gasteiger charge is 2.28. The van der Waals surface area contributed by atoms with Gasteiger partial charge >= 0.3 is 0 Å². The fraction of sp³-hybridized carbons (Fsp3) is 0.222. The molecular weight excluding hydrogens is 509 g/mol. The smallest absolute Gasteiger partial charge is 0.258 e. The molecular formula is C27H26FN5O4S. The molecule has 4 aromatic rings. The highest BCUT2D eigenvalue weighted by Crippen LogP contribution is 2.27. The fourth-order valence-corrected chi connectivity index (χ4v) is 5.50. The Morgan fingerprint density at radius 3 is 2.45 bits per heavy atom. The van der Waals surface area contributed by atoms with E-state index in [1.807, 2.05) is 11.0 Å². The molecule has 5 rings (SSSR count). The van der Waals surface area contributed by atoms with Crippen LogP contribution in [0.1, 0.15) is 10.4 Å². The molecule has 2 amide bonds. The van der Waals surface area contributed by atoms with Crippen molar-refractivity contribution in [2.24, 2.45) is 0 Å². The predicted octanol–water partition coefficient (Wildman–Crippen LogP) is 3.10. The predicted molar refractivity (Wildman–Crippen MR) is 143 cm³/mol. The van der Waals surface area contributed by atoms with Crippen molar-refractivity contribution in [1.82, 2.24) is 15.1 Å². The monoisotopic (exact) mass is 535 g/mol. The lowest BCUT2D eigenvalue weighted by molar-refractivity contribution is -0.129. The van der Waals surface area contributed by atoms with Gasteiger partial charge in [-0.25, -0.2) is 12.8 Å². The first-order chi connectivity index (χ1) is 18.2. The SMILES string of the molecule is CS(=O)(=O)c1cc(F)ccc1N1CCN(C(=O)CN(C(=O)c2ccc3cn[nH]c3c2)c2ccccc2)CC1. The number of aromatic amines is 1. The van der Waals surface area contributed by atoms with Crippen LogP contribution >= 0.6 is 0 Å². The van der Waals surface area contributed by atoms with Crippen LogP contribution in [0.15, 0.2) is 77.8 Å². The summed E-state index contributed by atoms with van der Waals surface area (Å²) in [6.45, 7) is 1.24. The molecule has 1 fully saturated rings. The third-order valence-electron chi connectivity index (χ3n) is 6.59. The summed E-state index contributed by atoms with van der Waals surface area (Å²) >= 11 is 0. The van der Waals surface area contributed by atoms with Crippen LogP contribution in [0.4, 0.5) is 15.8 Å². The van der Waals surface area contributed by atoms with Crippen LogP contribution in [0.3, 0.4) is 0 Å². The number of halogens is 1. The average Bonchev–Trinajstić information content (AvgIpc) is 3.39. The Bertz CT molecular complexity index is 1600. The molecule has 0 radical (unpaired) electrons. The van der Waals surface area contributed by atoms with E-state index in [4.69, 9.17) is 0 Å². The molecule has 3 aromatic carbocycles. The summed E-state index contributed by atoms with van der Waals surface area (Å²) in [6, 6.07) is 17.9. The summed E-state index contributed by atoms with van der Waals surface area (Å²) in [5.74, 6) is -1.17. The van der Waals surface area contributed by atoms with Crippen LogP contribution in [0.2, 0.25) is 0 Å². The first-order valence-electron chi connectivity index (χ1n) is 12.0. The number of sulfone groups is 1. The van der Waals surface area contributed by atoms with E-state index in [2.05, 4.69) is 10.2 Å². The summed E-state index contributed by atoms with van der Waals surface area (Å²) in [4.78, 5) is 31.8. The van der Waals surface area contributed by atoms with Crippen LogP contribution in [-0.2, 0) is 14.6 Å². The Morgan fingerprint density at radius 1 is 1.00 bits per heavy atom. The van der Waals surface area contributed by atoms with Gasteiger partial charge in [-0.3, -0.25) is 19.6 Å². The Morgan fingerprint density at radius 2 is 1.74 bits per heavy atom. The number of hydrogen-bond acceptors (Lipinski definition) is 6. The second-order valence-electron chi connectivity index (χ2n) is 9.15. The quantitative estimate of drug-likeness (QED) is 0.407. The van der Waals surface area contributed by atoms with Gasteiger partial charge < -0.3 is 9.80 Å². The summed E-state index contributed by atoms with van der Waals surface area (Å²) in [5.41, 5.74) is 2.16. The van der Waals surface area contributed by atoms with Crippen LogP contribution < -0.4 is 9.80 Å². The molecule has 1 aromatic heterocycles. The van der Waals surface area contributed by atoms with Gasteiger partial charge in [0.1, 0.15) is 12.4 Å². The van der Waals surface area contributed by atoms with Crippen molar-refractivity contribution >= 4 is 43.9 Å². The van der Waals surface area contributed by atoms with E-state index in [1.165, 1.54) is 17.0 Å². The van der Waals surface area contributed by atoms with Crippen LogP contribution in [0.25, 0.3) is 10.9 Å². The number of carbonyl (C=O) groups excluding carboxylic acids is 2. The van der Waals surface area contributed by atoms with Gasteiger partial charge in [0.15, 0.2) is 9.84 Å². The summed E-state index contributed by atoms with van der Waals surface area (Å²) in [6.07, 6.45) is 2.72. The fourth-order valence-electron chi connectivity index (χ4n) is 4.59. The second-order valence-corrected chi connectivity index (χ2v) is 11.1. The summed E-state index contributed by atoms with van der Waals surface area (Å²) < 4.78 is 38.2. The molecule has 38 heavy (non-hydrogen) atoms. The van der Waals surface area contributed by atoms with Crippen molar-refractivity contribution in [2.75, 3.05) is 48.8 Å². The maximum absolute atomic E-state index is 13.7. The van der Waals surface area contributed by atoms with Gasteiger partial charge in [0, 0.05) is 49.1 Å². The molecule has 0 aliphatic carbocycles. The van der Waals surface area contributed by atoms with E-state index in [-0.39, 0.29) is 23.3 Å². The largest absolute Gasteiger partial charge is 0.367 e.